The summed E-state index contributed by atoms with van der Waals surface area (Å²) in [6.45, 7) is 0.246. The number of carbonyl (C=O) groups excluding carboxylic acids is 1. The van der Waals surface area contributed by atoms with E-state index in [1.54, 1.807) is 24.3 Å². The van der Waals surface area contributed by atoms with E-state index in [1.807, 2.05) is 12.1 Å². The highest BCUT2D eigenvalue weighted by Crippen LogP contribution is 2.38. The summed E-state index contributed by atoms with van der Waals surface area (Å²) in [7, 11) is 1.52. The van der Waals surface area contributed by atoms with E-state index in [2.05, 4.69) is 34.0 Å². The third-order valence-corrected chi connectivity index (χ3v) is 8.55. The number of hydrogen-bond acceptors (Lipinski definition) is 6. The lowest BCUT2D eigenvalue weighted by molar-refractivity contribution is -0.112. The fraction of sp³-hybridized carbons (Fsp3) is 0.222. The number of nitrogens with one attached hydrogen (secondary N) is 1. The minimum absolute atomic E-state index is 0.0856. The number of carbonyl (C=O) groups is 1. The third kappa shape index (κ3) is 6.22. The molecule has 1 aliphatic carbocycles. The average Bonchev–Trinajstić information content (AvgIpc) is 3.24. The lowest BCUT2D eigenvalue weighted by atomic mass is 9.96. The van der Waals surface area contributed by atoms with Crippen LogP contribution in [0.2, 0.25) is 10.0 Å². The van der Waals surface area contributed by atoms with Crippen LogP contribution in [0.1, 0.15) is 40.0 Å². The van der Waals surface area contributed by atoms with Gasteiger partial charge in [0.1, 0.15) is 29.3 Å². The maximum atomic E-state index is 13.0. The van der Waals surface area contributed by atoms with Crippen LogP contribution in [-0.2, 0) is 24.2 Å². The Morgan fingerprint density at radius 1 is 1.19 bits per heavy atom. The van der Waals surface area contributed by atoms with Gasteiger partial charge < -0.3 is 14.8 Å². The zero-order chi connectivity index (χ0) is 26.5. The molecule has 6 nitrogen and oxygen atoms in total. The van der Waals surface area contributed by atoms with Crippen molar-refractivity contribution in [2.45, 2.75) is 32.3 Å². The number of rotatable bonds is 7. The molecular weight excluding hydrogens is 644 g/mol. The van der Waals surface area contributed by atoms with E-state index in [-0.39, 0.29) is 12.2 Å². The summed E-state index contributed by atoms with van der Waals surface area (Å²) < 4.78 is 12.2. The monoisotopic (exact) mass is 663 g/mol. The zero-order valence-corrected chi connectivity index (χ0v) is 24.1. The Kier molecular flexibility index (Phi) is 8.99. The molecule has 1 amide bonds. The van der Waals surface area contributed by atoms with Crippen LogP contribution in [0, 0.1) is 26.2 Å². The standard InChI is InChI=1S/C27H20Cl2IN3O3S/c1-35-23-11-16(10-22(30)25(23)36-14-15-6-7-20(28)21(29)9-15)8-17(12-31)26(34)33-27-19(13-32)18-4-2-3-5-24(18)37-27/h6-11H,2-5,14H2,1H3,(H,33,34)/b17-8+. The minimum Gasteiger partial charge on any atom is -0.493 e. The molecule has 4 rings (SSSR count). The van der Waals surface area contributed by atoms with Gasteiger partial charge in [-0.2, -0.15) is 10.5 Å². The summed E-state index contributed by atoms with van der Waals surface area (Å²) >= 11 is 15.6. The first kappa shape index (κ1) is 27.3. The van der Waals surface area contributed by atoms with Crippen molar-refractivity contribution in [3.63, 3.8) is 0 Å². The predicted octanol–water partition coefficient (Wildman–Crippen LogP) is 7.54. The molecular formula is C27H20Cl2IN3O3S. The van der Waals surface area contributed by atoms with E-state index in [1.165, 1.54) is 24.5 Å². The highest BCUT2D eigenvalue weighted by molar-refractivity contribution is 14.1. The van der Waals surface area contributed by atoms with Crippen molar-refractivity contribution >= 4 is 74.1 Å². The fourth-order valence-electron chi connectivity index (χ4n) is 4.01. The van der Waals surface area contributed by atoms with Crippen LogP contribution in [0.4, 0.5) is 5.00 Å². The summed E-state index contributed by atoms with van der Waals surface area (Å²) in [4.78, 5) is 14.1. The highest BCUT2D eigenvalue weighted by Gasteiger charge is 2.23. The number of halogens is 3. The molecule has 0 unspecified atom stereocenters. The first-order chi connectivity index (χ1) is 17.8. The molecule has 1 aromatic heterocycles. The molecule has 1 heterocycles. The number of nitrogens with zero attached hydrogens (tertiary/aromatic N) is 2. The molecule has 37 heavy (non-hydrogen) atoms. The van der Waals surface area contributed by atoms with Crippen LogP contribution in [0.3, 0.4) is 0 Å². The van der Waals surface area contributed by atoms with Crippen LogP contribution >= 0.6 is 57.1 Å². The Bertz CT molecular complexity index is 1490. The van der Waals surface area contributed by atoms with Crippen LogP contribution in [0.25, 0.3) is 6.08 Å². The largest absolute Gasteiger partial charge is 0.493 e. The zero-order valence-electron chi connectivity index (χ0n) is 19.7. The normalized spacial score (nSPS) is 12.8. The first-order valence-electron chi connectivity index (χ1n) is 11.3. The topological polar surface area (TPSA) is 95.1 Å². The fourth-order valence-corrected chi connectivity index (χ4v) is 6.34. The van der Waals surface area contributed by atoms with Gasteiger partial charge in [0.25, 0.3) is 5.91 Å². The van der Waals surface area contributed by atoms with Crippen molar-refractivity contribution in [2.75, 3.05) is 12.4 Å². The van der Waals surface area contributed by atoms with Crippen LogP contribution in [0.15, 0.2) is 35.9 Å². The van der Waals surface area contributed by atoms with Crippen molar-refractivity contribution in [1.29, 1.82) is 10.5 Å². The molecule has 0 saturated heterocycles. The molecule has 0 radical (unpaired) electrons. The minimum atomic E-state index is -0.563. The predicted molar refractivity (Wildman–Crippen MR) is 154 cm³/mol. The maximum Gasteiger partial charge on any atom is 0.266 e. The number of fused-ring (bicyclic) bond motifs is 1. The molecule has 0 fully saturated rings. The molecule has 0 saturated carbocycles. The molecule has 0 atom stereocenters. The van der Waals surface area contributed by atoms with Crippen LogP contribution in [0.5, 0.6) is 11.5 Å². The Morgan fingerprint density at radius 3 is 2.68 bits per heavy atom. The third-order valence-electron chi connectivity index (χ3n) is 5.81. The molecule has 10 heteroatoms. The maximum absolute atomic E-state index is 13.0. The van der Waals surface area contributed by atoms with Gasteiger partial charge in [0.05, 0.1) is 26.3 Å². The van der Waals surface area contributed by atoms with Gasteiger partial charge in [-0.15, -0.1) is 11.3 Å². The smallest absolute Gasteiger partial charge is 0.266 e. The Balaban J connectivity index is 1.55. The van der Waals surface area contributed by atoms with Gasteiger partial charge in [0, 0.05) is 4.88 Å². The molecule has 1 N–H and O–H groups in total. The van der Waals surface area contributed by atoms with Gasteiger partial charge in [-0.25, -0.2) is 0 Å². The second-order valence-corrected chi connectivity index (χ2v) is 11.3. The Hall–Kier alpha value is -2.76. The van der Waals surface area contributed by atoms with Crippen molar-refractivity contribution in [3.05, 3.63) is 76.7 Å². The molecule has 188 valence electrons. The number of methoxy groups -OCH3 is 1. The van der Waals surface area contributed by atoms with E-state index >= 15 is 0 Å². The van der Waals surface area contributed by atoms with Crippen molar-refractivity contribution < 1.29 is 14.3 Å². The average molecular weight is 664 g/mol. The van der Waals surface area contributed by atoms with E-state index in [9.17, 15) is 15.3 Å². The van der Waals surface area contributed by atoms with Crippen molar-refractivity contribution in [2.24, 2.45) is 0 Å². The number of nitriles is 2. The van der Waals surface area contributed by atoms with E-state index in [0.717, 1.165) is 45.3 Å². The molecule has 0 bridgehead atoms. The lowest BCUT2D eigenvalue weighted by Crippen LogP contribution is -2.13. The quantitative estimate of drug-likeness (QED) is 0.160. The number of ether oxygens (including phenoxy) is 2. The van der Waals surface area contributed by atoms with Gasteiger partial charge in [-0.05, 0) is 95.3 Å². The summed E-state index contributed by atoms with van der Waals surface area (Å²) in [6, 6.07) is 12.9. The number of hydrogen-bond donors (Lipinski definition) is 1. The highest BCUT2D eigenvalue weighted by atomic mass is 127. The SMILES string of the molecule is COc1cc(/C=C(\C#N)C(=O)Nc2sc3c(c2C#N)CCCC3)cc(I)c1OCc1ccc(Cl)c(Cl)c1. The van der Waals surface area contributed by atoms with Crippen molar-refractivity contribution in [1.82, 2.24) is 0 Å². The lowest BCUT2D eigenvalue weighted by Gasteiger charge is -2.14. The van der Waals surface area contributed by atoms with Gasteiger partial charge in [0.15, 0.2) is 11.5 Å². The summed E-state index contributed by atoms with van der Waals surface area (Å²) in [6.07, 6.45) is 5.33. The number of anilines is 1. The summed E-state index contributed by atoms with van der Waals surface area (Å²) in [5.41, 5.74) is 2.88. The molecule has 1 aliphatic rings. The molecule has 2 aromatic carbocycles. The first-order valence-corrected chi connectivity index (χ1v) is 13.9. The van der Waals surface area contributed by atoms with Crippen LogP contribution < -0.4 is 14.8 Å². The Morgan fingerprint density at radius 2 is 1.97 bits per heavy atom. The number of aryl methyl sites for hydroxylation is 1. The second kappa shape index (κ2) is 12.2. The number of thiophene rings is 1. The Labute approximate surface area is 242 Å². The summed E-state index contributed by atoms with van der Waals surface area (Å²) in [5.74, 6) is 0.414. The van der Waals surface area contributed by atoms with Gasteiger partial charge >= 0.3 is 0 Å². The number of amides is 1. The van der Waals surface area contributed by atoms with Gasteiger partial charge in [0.2, 0.25) is 0 Å². The summed E-state index contributed by atoms with van der Waals surface area (Å²) in [5, 5.41) is 23.5. The van der Waals surface area contributed by atoms with Gasteiger partial charge in [-0.3, -0.25) is 4.79 Å². The van der Waals surface area contributed by atoms with Crippen molar-refractivity contribution in [3.8, 4) is 23.6 Å². The molecule has 0 aliphatic heterocycles. The van der Waals surface area contributed by atoms with E-state index in [0.29, 0.717) is 37.7 Å². The number of benzene rings is 2. The second-order valence-electron chi connectivity index (χ2n) is 8.22. The molecule has 0 spiro atoms. The van der Waals surface area contributed by atoms with E-state index in [4.69, 9.17) is 32.7 Å². The van der Waals surface area contributed by atoms with Crippen LogP contribution in [-0.4, -0.2) is 13.0 Å². The molecule has 3 aromatic rings. The van der Waals surface area contributed by atoms with E-state index < -0.39 is 5.91 Å². The van der Waals surface area contributed by atoms with Gasteiger partial charge in [-0.1, -0.05) is 29.3 Å².